The van der Waals surface area contributed by atoms with E-state index in [1.165, 1.54) is 20.1 Å². The molecule has 1 N–H and O–H groups in total. The molecule has 8 heteroatoms. The van der Waals surface area contributed by atoms with E-state index in [0.717, 1.165) is 0 Å². The summed E-state index contributed by atoms with van der Waals surface area (Å²) in [5.41, 5.74) is 0.587. The Morgan fingerprint density at radius 3 is 2.60 bits per heavy atom. The van der Waals surface area contributed by atoms with Gasteiger partial charge in [-0.25, -0.2) is 4.79 Å². The fourth-order valence-electron chi connectivity index (χ4n) is 1.90. The van der Waals surface area contributed by atoms with Crippen molar-refractivity contribution in [3.8, 4) is 5.75 Å². The zero-order chi connectivity index (χ0) is 18.6. The van der Waals surface area contributed by atoms with Gasteiger partial charge < -0.3 is 14.8 Å². The molecule has 1 unspecified atom stereocenters. The molecule has 0 aliphatic rings. The van der Waals surface area contributed by atoms with Gasteiger partial charge in [-0.1, -0.05) is 29.3 Å². The maximum atomic E-state index is 12.3. The lowest BCUT2D eigenvalue weighted by atomic mass is 10.2. The van der Waals surface area contributed by atoms with Crippen LogP contribution in [0, 0.1) is 0 Å². The first-order valence-electron chi connectivity index (χ1n) is 7.13. The number of halogens is 3. The van der Waals surface area contributed by atoms with Gasteiger partial charge in [0.2, 0.25) is 0 Å². The first kappa shape index (κ1) is 19.6. The molecule has 0 aliphatic carbocycles. The van der Waals surface area contributed by atoms with Gasteiger partial charge in [-0.2, -0.15) is 0 Å². The van der Waals surface area contributed by atoms with Crippen molar-refractivity contribution < 1.29 is 19.1 Å². The van der Waals surface area contributed by atoms with Gasteiger partial charge in [-0.05, 0) is 53.2 Å². The van der Waals surface area contributed by atoms with Crippen LogP contribution in [0.4, 0.5) is 5.69 Å². The molecule has 0 fully saturated rings. The first-order chi connectivity index (χ1) is 11.8. The number of rotatable bonds is 5. The lowest BCUT2D eigenvalue weighted by Gasteiger charge is -2.15. The molecule has 132 valence electrons. The Morgan fingerprint density at radius 1 is 1.20 bits per heavy atom. The summed E-state index contributed by atoms with van der Waals surface area (Å²) in [6.45, 7) is 1.46. The summed E-state index contributed by atoms with van der Waals surface area (Å²) in [7, 11) is 1.49. The van der Waals surface area contributed by atoms with Crippen LogP contribution in [-0.4, -0.2) is 25.1 Å². The number of hydrogen-bond donors (Lipinski definition) is 1. The number of amides is 1. The molecule has 5 nitrogen and oxygen atoms in total. The lowest BCUT2D eigenvalue weighted by Crippen LogP contribution is -2.30. The second kappa shape index (κ2) is 8.56. The minimum atomic E-state index is -1.04. The van der Waals surface area contributed by atoms with E-state index in [9.17, 15) is 9.59 Å². The predicted molar refractivity (Wildman–Crippen MR) is 101 cm³/mol. The standard InChI is InChI=1S/C17H14BrCl2NO4/c1-9(16(22)21-14-5-3-4-13(19)15(14)20)25-17(23)11-8-10(24-2)6-7-12(11)18/h3-9H,1-2H3,(H,21,22). The predicted octanol–water partition coefficient (Wildman–Crippen LogP) is 4.95. The SMILES string of the molecule is COc1ccc(Br)c(C(=O)OC(C)C(=O)Nc2cccc(Cl)c2Cl)c1. The van der Waals surface area contributed by atoms with E-state index in [-0.39, 0.29) is 10.6 Å². The van der Waals surface area contributed by atoms with Crippen molar-refractivity contribution in [2.75, 3.05) is 12.4 Å². The topological polar surface area (TPSA) is 64.6 Å². The molecule has 0 aliphatic heterocycles. The molecule has 1 amide bonds. The van der Waals surface area contributed by atoms with Crippen LogP contribution >= 0.6 is 39.1 Å². The Morgan fingerprint density at radius 2 is 1.92 bits per heavy atom. The molecular formula is C17H14BrCl2NO4. The van der Waals surface area contributed by atoms with Crippen molar-refractivity contribution in [2.24, 2.45) is 0 Å². The summed E-state index contributed by atoms with van der Waals surface area (Å²) in [5.74, 6) is -0.694. The van der Waals surface area contributed by atoms with Crippen molar-refractivity contribution in [3.05, 3.63) is 56.5 Å². The molecular weight excluding hydrogens is 433 g/mol. The van der Waals surface area contributed by atoms with E-state index in [1.54, 1.807) is 30.3 Å². The third-order valence-corrected chi connectivity index (χ3v) is 4.77. The molecule has 0 saturated heterocycles. The van der Waals surface area contributed by atoms with Gasteiger partial charge >= 0.3 is 5.97 Å². The van der Waals surface area contributed by atoms with E-state index < -0.39 is 18.0 Å². The largest absolute Gasteiger partial charge is 0.497 e. The molecule has 0 saturated carbocycles. The molecule has 0 spiro atoms. The zero-order valence-electron chi connectivity index (χ0n) is 13.3. The number of esters is 1. The molecule has 0 radical (unpaired) electrons. The van der Waals surface area contributed by atoms with Crippen LogP contribution in [0.2, 0.25) is 10.0 Å². The Balaban J connectivity index is 2.08. The number of methoxy groups -OCH3 is 1. The molecule has 1 atom stereocenters. The van der Waals surface area contributed by atoms with Gasteiger partial charge in [0.15, 0.2) is 6.10 Å². The van der Waals surface area contributed by atoms with Gasteiger partial charge in [0.1, 0.15) is 5.75 Å². The molecule has 0 aromatic heterocycles. The van der Waals surface area contributed by atoms with E-state index in [4.69, 9.17) is 32.7 Å². The van der Waals surface area contributed by atoms with Crippen LogP contribution in [0.5, 0.6) is 5.75 Å². The second-order valence-electron chi connectivity index (χ2n) is 4.98. The van der Waals surface area contributed by atoms with Crippen LogP contribution in [-0.2, 0) is 9.53 Å². The third-order valence-electron chi connectivity index (χ3n) is 3.26. The number of carbonyl (C=O) groups excluding carboxylic acids is 2. The van der Waals surface area contributed by atoms with E-state index in [2.05, 4.69) is 21.2 Å². The summed E-state index contributed by atoms with van der Waals surface area (Å²) < 4.78 is 10.8. The molecule has 2 rings (SSSR count). The molecule has 0 bridgehead atoms. The van der Waals surface area contributed by atoms with Crippen molar-refractivity contribution in [2.45, 2.75) is 13.0 Å². The third kappa shape index (κ3) is 4.87. The smallest absolute Gasteiger partial charge is 0.340 e. The highest BCUT2D eigenvalue weighted by Gasteiger charge is 2.22. The fourth-order valence-corrected chi connectivity index (χ4v) is 2.66. The number of anilines is 1. The van der Waals surface area contributed by atoms with Gasteiger partial charge in [0.05, 0.1) is 28.4 Å². The summed E-state index contributed by atoms with van der Waals surface area (Å²) in [4.78, 5) is 24.5. The summed E-state index contributed by atoms with van der Waals surface area (Å²) in [6, 6.07) is 9.71. The minimum absolute atomic E-state index is 0.214. The van der Waals surface area contributed by atoms with Gasteiger partial charge in [-0.3, -0.25) is 4.79 Å². The highest BCUT2D eigenvalue weighted by molar-refractivity contribution is 9.10. The Bertz CT molecular complexity index is 813. The Hall–Kier alpha value is -1.76. The van der Waals surface area contributed by atoms with Crippen molar-refractivity contribution in [3.63, 3.8) is 0 Å². The van der Waals surface area contributed by atoms with Crippen LogP contribution in [0.25, 0.3) is 0 Å². The average Bonchev–Trinajstić information content (AvgIpc) is 2.59. The van der Waals surface area contributed by atoms with Crippen LogP contribution in [0.3, 0.4) is 0 Å². The molecule has 2 aromatic rings. The highest BCUT2D eigenvalue weighted by atomic mass is 79.9. The van der Waals surface area contributed by atoms with Crippen molar-refractivity contribution in [1.29, 1.82) is 0 Å². The van der Waals surface area contributed by atoms with E-state index >= 15 is 0 Å². The quantitative estimate of drug-likeness (QED) is 0.660. The first-order valence-corrected chi connectivity index (χ1v) is 8.67. The number of carbonyl (C=O) groups is 2. The second-order valence-corrected chi connectivity index (χ2v) is 6.62. The van der Waals surface area contributed by atoms with E-state index in [0.29, 0.717) is 20.9 Å². The number of nitrogens with one attached hydrogen (secondary N) is 1. The number of benzene rings is 2. The van der Waals surface area contributed by atoms with Crippen molar-refractivity contribution >= 4 is 56.7 Å². The lowest BCUT2D eigenvalue weighted by molar-refractivity contribution is -0.123. The maximum Gasteiger partial charge on any atom is 0.340 e. The van der Waals surface area contributed by atoms with E-state index in [1.807, 2.05) is 0 Å². The summed E-state index contributed by atoms with van der Waals surface area (Å²) >= 11 is 15.2. The fraction of sp³-hybridized carbons (Fsp3) is 0.176. The zero-order valence-corrected chi connectivity index (χ0v) is 16.4. The van der Waals surface area contributed by atoms with Gasteiger partial charge in [0.25, 0.3) is 5.91 Å². The average molecular weight is 447 g/mol. The van der Waals surface area contributed by atoms with Crippen LogP contribution in [0.1, 0.15) is 17.3 Å². The van der Waals surface area contributed by atoms with Crippen LogP contribution < -0.4 is 10.1 Å². The number of hydrogen-bond acceptors (Lipinski definition) is 4. The summed E-state index contributed by atoms with van der Waals surface area (Å²) in [6.07, 6.45) is -1.04. The normalized spacial score (nSPS) is 11.6. The molecule has 0 heterocycles. The van der Waals surface area contributed by atoms with Crippen molar-refractivity contribution in [1.82, 2.24) is 0 Å². The summed E-state index contributed by atoms with van der Waals surface area (Å²) in [5, 5.41) is 3.10. The monoisotopic (exact) mass is 445 g/mol. The maximum absolute atomic E-state index is 12.3. The van der Waals surface area contributed by atoms with Gasteiger partial charge in [-0.15, -0.1) is 0 Å². The molecule has 25 heavy (non-hydrogen) atoms. The highest BCUT2D eigenvalue weighted by Crippen LogP contribution is 2.29. The van der Waals surface area contributed by atoms with Gasteiger partial charge in [0, 0.05) is 4.47 Å². The Labute approximate surface area is 163 Å². The van der Waals surface area contributed by atoms with Crippen LogP contribution in [0.15, 0.2) is 40.9 Å². The Kier molecular flexibility index (Phi) is 6.70. The molecule has 2 aromatic carbocycles. The minimum Gasteiger partial charge on any atom is -0.497 e. The number of ether oxygens (including phenoxy) is 2.